The predicted molar refractivity (Wildman–Crippen MR) is 134 cm³/mol. The first-order valence-electron chi connectivity index (χ1n) is 13.8. The van der Waals surface area contributed by atoms with Gasteiger partial charge in [-0.3, -0.25) is 0 Å². The molecule has 0 N–H and O–H groups in total. The fraction of sp³-hybridized carbons (Fsp3) is 0.931. The molecule has 0 rings (SSSR count). The lowest BCUT2D eigenvalue weighted by atomic mass is 9.96. The second-order valence-electron chi connectivity index (χ2n) is 9.55. The second kappa shape index (κ2) is 25.6. The average Bonchev–Trinajstić information content (AvgIpc) is 2.72. The van der Waals surface area contributed by atoms with Crippen LogP contribution in [0.3, 0.4) is 0 Å². The molecule has 0 aliphatic heterocycles. The third-order valence-corrected chi connectivity index (χ3v) is 6.33. The lowest BCUT2D eigenvalue weighted by Gasteiger charge is -2.10. The van der Waals surface area contributed by atoms with Gasteiger partial charge in [0, 0.05) is 12.8 Å². The maximum absolute atomic E-state index is 3.41. The van der Waals surface area contributed by atoms with E-state index < -0.39 is 0 Å². The van der Waals surface area contributed by atoms with Gasteiger partial charge in [0.05, 0.1) is 0 Å². The highest BCUT2D eigenvalue weighted by atomic mass is 14.1. The van der Waals surface area contributed by atoms with Crippen molar-refractivity contribution in [2.75, 3.05) is 0 Å². The molecule has 0 heteroatoms. The Kier molecular flexibility index (Phi) is 25.2. The van der Waals surface area contributed by atoms with Gasteiger partial charge in [-0.1, -0.05) is 143 Å². The van der Waals surface area contributed by atoms with E-state index in [1.54, 1.807) is 0 Å². The molecule has 0 amide bonds. The van der Waals surface area contributed by atoms with Gasteiger partial charge in [-0.25, -0.2) is 0 Å². The molecule has 172 valence electrons. The van der Waals surface area contributed by atoms with Crippen LogP contribution in [0.5, 0.6) is 0 Å². The fourth-order valence-corrected chi connectivity index (χ4v) is 4.18. The lowest BCUT2D eigenvalue weighted by Crippen LogP contribution is -1.94. The average molecular weight is 405 g/mol. The Labute approximate surface area is 186 Å². The zero-order valence-electron chi connectivity index (χ0n) is 20.8. The van der Waals surface area contributed by atoms with Crippen molar-refractivity contribution in [3.05, 3.63) is 0 Å². The summed E-state index contributed by atoms with van der Waals surface area (Å²) >= 11 is 0. The van der Waals surface area contributed by atoms with Crippen molar-refractivity contribution < 1.29 is 0 Å². The minimum absolute atomic E-state index is 0.951. The van der Waals surface area contributed by atoms with Crippen LogP contribution in [0.1, 0.15) is 168 Å². The summed E-state index contributed by atoms with van der Waals surface area (Å²) in [6.07, 6.45) is 32.0. The minimum Gasteiger partial charge on any atom is -0.103 e. The minimum atomic E-state index is 0.951. The third-order valence-electron chi connectivity index (χ3n) is 6.33. The summed E-state index contributed by atoms with van der Waals surface area (Å²) in [5.74, 6) is 7.76. The normalized spacial score (nSPS) is 12.0. The predicted octanol–water partition coefficient (Wildman–Crippen LogP) is 10.6. The largest absolute Gasteiger partial charge is 0.103 e. The van der Waals surface area contributed by atoms with E-state index in [0.29, 0.717) is 0 Å². The lowest BCUT2D eigenvalue weighted by molar-refractivity contribution is 0.436. The van der Waals surface area contributed by atoms with Gasteiger partial charge in [-0.15, -0.1) is 11.8 Å². The number of rotatable bonds is 22. The summed E-state index contributed by atoms with van der Waals surface area (Å²) in [6, 6.07) is 0. The fourth-order valence-electron chi connectivity index (χ4n) is 4.18. The summed E-state index contributed by atoms with van der Waals surface area (Å²) < 4.78 is 0. The van der Waals surface area contributed by atoms with E-state index in [1.807, 2.05) is 0 Å². The molecule has 0 saturated heterocycles. The SMILES string of the molecule is CCCCCCCCCCCCC#CCCCCCCCCC(C)CCCCC. The second-order valence-corrected chi connectivity index (χ2v) is 9.55. The highest BCUT2D eigenvalue weighted by Gasteiger charge is 2.01. The van der Waals surface area contributed by atoms with Gasteiger partial charge < -0.3 is 0 Å². The van der Waals surface area contributed by atoms with Gasteiger partial charge in [0.1, 0.15) is 0 Å². The van der Waals surface area contributed by atoms with Gasteiger partial charge in [-0.05, 0) is 18.8 Å². The molecule has 0 aliphatic carbocycles. The number of hydrogen-bond acceptors (Lipinski definition) is 0. The van der Waals surface area contributed by atoms with E-state index in [-0.39, 0.29) is 0 Å². The highest BCUT2D eigenvalue weighted by molar-refractivity contribution is 4.98. The molecule has 0 aromatic rings. The molecule has 0 aromatic heterocycles. The van der Waals surface area contributed by atoms with Crippen LogP contribution in [0.4, 0.5) is 0 Å². The Hall–Kier alpha value is -0.440. The number of unbranched alkanes of at least 4 members (excludes halogenated alkanes) is 18. The van der Waals surface area contributed by atoms with Gasteiger partial charge in [0.25, 0.3) is 0 Å². The Bertz CT molecular complexity index is 345. The zero-order chi connectivity index (χ0) is 21.3. The van der Waals surface area contributed by atoms with E-state index in [4.69, 9.17) is 0 Å². The molecule has 1 atom stereocenters. The summed E-state index contributed by atoms with van der Waals surface area (Å²) in [5, 5.41) is 0. The van der Waals surface area contributed by atoms with E-state index >= 15 is 0 Å². The summed E-state index contributed by atoms with van der Waals surface area (Å²) in [6.45, 7) is 7.04. The molecule has 0 bridgehead atoms. The molecule has 1 unspecified atom stereocenters. The van der Waals surface area contributed by atoms with Crippen LogP contribution < -0.4 is 0 Å². The molecule has 0 aromatic carbocycles. The van der Waals surface area contributed by atoms with E-state index in [0.717, 1.165) is 18.8 Å². The molecule has 0 fully saturated rings. The Morgan fingerprint density at radius 1 is 0.414 bits per heavy atom. The molecule has 0 heterocycles. The summed E-state index contributed by atoms with van der Waals surface area (Å²) in [7, 11) is 0. The maximum Gasteiger partial charge on any atom is 0.00886 e. The molecule has 0 spiro atoms. The molecular formula is C29H56. The number of hydrogen-bond donors (Lipinski definition) is 0. The Morgan fingerprint density at radius 2 is 0.724 bits per heavy atom. The standard InChI is InChI=1S/C29H56/c1-4-6-8-9-10-11-12-13-14-15-16-17-18-19-20-21-22-23-24-26-28-29(3)27-25-7-5-2/h29H,4-16,19-28H2,1-3H3. The van der Waals surface area contributed by atoms with E-state index in [2.05, 4.69) is 32.6 Å². The zero-order valence-corrected chi connectivity index (χ0v) is 20.8. The summed E-state index contributed by atoms with van der Waals surface area (Å²) in [5.41, 5.74) is 0. The van der Waals surface area contributed by atoms with E-state index in [9.17, 15) is 0 Å². The van der Waals surface area contributed by atoms with Crippen LogP contribution in [0.15, 0.2) is 0 Å². The Morgan fingerprint density at radius 3 is 1.17 bits per heavy atom. The van der Waals surface area contributed by atoms with Gasteiger partial charge in [0.2, 0.25) is 0 Å². The molecular weight excluding hydrogens is 348 g/mol. The van der Waals surface area contributed by atoms with Crippen molar-refractivity contribution >= 4 is 0 Å². The molecule has 29 heavy (non-hydrogen) atoms. The van der Waals surface area contributed by atoms with E-state index in [1.165, 1.54) is 135 Å². The smallest absolute Gasteiger partial charge is 0.00886 e. The summed E-state index contributed by atoms with van der Waals surface area (Å²) in [4.78, 5) is 0. The highest BCUT2D eigenvalue weighted by Crippen LogP contribution is 2.17. The van der Waals surface area contributed by atoms with Gasteiger partial charge in [-0.2, -0.15) is 0 Å². The molecule has 0 nitrogen and oxygen atoms in total. The Balaban J connectivity index is 3.17. The van der Waals surface area contributed by atoms with Crippen molar-refractivity contribution in [3.8, 4) is 11.8 Å². The van der Waals surface area contributed by atoms with Crippen molar-refractivity contribution in [2.45, 2.75) is 168 Å². The monoisotopic (exact) mass is 404 g/mol. The van der Waals surface area contributed by atoms with Crippen molar-refractivity contribution in [2.24, 2.45) is 5.92 Å². The van der Waals surface area contributed by atoms with Crippen LogP contribution in [0.25, 0.3) is 0 Å². The first-order valence-corrected chi connectivity index (χ1v) is 13.8. The van der Waals surface area contributed by atoms with Crippen LogP contribution in [0, 0.1) is 17.8 Å². The molecule has 0 saturated carbocycles. The van der Waals surface area contributed by atoms with Crippen molar-refractivity contribution in [1.29, 1.82) is 0 Å². The maximum atomic E-state index is 3.41. The first-order chi connectivity index (χ1) is 14.3. The van der Waals surface area contributed by atoms with Crippen LogP contribution in [0.2, 0.25) is 0 Å². The van der Waals surface area contributed by atoms with Gasteiger partial charge in [0.15, 0.2) is 0 Å². The van der Waals surface area contributed by atoms with Crippen LogP contribution >= 0.6 is 0 Å². The van der Waals surface area contributed by atoms with Gasteiger partial charge >= 0.3 is 0 Å². The van der Waals surface area contributed by atoms with Crippen molar-refractivity contribution in [1.82, 2.24) is 0 Å². The first kappa shape index (κ1) is 28.6. The quantitative estimate of drug-likeness (QED) is 0.124. The molecule has 0 aliphatic rings. The third kappa shape index (κ3) is 25.5. The molecule has 0 radical (unpaired) electrons. The van der Waals surface area contributed by atoms with Crippen LogP contribution in [-0.4, -0.2) is 0 Å². The van der Waals surface area contributed by atoms with Crippen molar-refractivity contribution in [3.63, 3.8) is 0 Å². The topological polar surface area (TPSA) is 0 Å². The van der Waals surface area contributed by atoms with Crippen LogP contribution in [-0.2, 0) is 0 Å².